The van der Waals surface area contributed by atoms with Gasteiger partial charge in [0, 0.05) is 25.2 Å². The van der Waals surface area contributed by atoms with Crippen LogP contribution in [-0.2, 0) is 4.79 Å². The van der Waals surface area contributed by atoms with Crippen LogP contribution in [0, 0.1) is 0 Å². The predicted octanol–water partition coefficient (Wildman–Crippen LogP) is 3.38. The van der Waals surface area contributed by atoms with Crippen molar-refractivity contribution in [3.63, 3.8) is 0 Å². The number of carboxylic acid groups (broad SMARTS) is 1. The van der Waals surface area contributed by atoms with Crippen molar-refractivity contribution < 1.29 is 41.8 Å². The molecule has 1 saturated heterocycles. The fraction of sp³-hybridized carbons (Fsp3) is 0.577. The smallest absolute Gasteiger partial charge is 0.490 e. The molecule has 0 atom stereocenters. The van der Waals surface area contributed by atoms with Gasteiger partial charge in [-0.1, -0.05) is 11.6 Å². The largest absolute Gasteiger partial charge is 0.491 e. The van der Waals surface area contributed by atoms with Gasteiger partial charge in [0.25, 0.3) is 11.8 Å². The zero-order valence-electron chi connectivity index (χ0n) is 22.9. The average molecular weight is 589 g/mol. The van der Waals surface area contributed by atoms with E-state index in [1.54, 1.807) is 24.4 Å². The molecule has 3 N–H and O–H groups in total. The minimum atomic E-state index is -5.08. The lowest BCUT2D eigenvalue weighted by molar-refractivity contribution is -0.192. The Bertz CT molecular complexity index is 1120. The highest BCUT2D eigenvalue weighted by Gasteiger charge is 2.38. The second kappa shape index (κ2) is 17.1. The summed E-state index contributed by atoms with van der Waals surface area (Å²) in [7, 11) is 0. The molecule has 3 rings (SSSR count). The summed E-state index contributed by atoms with van der Waals surface area (Å²) in [6, 6.07) is 5.08. The molecule has 41 heavy (non-hydrogen) atoms. The van der Waals surface area contributed by atoms with E-state index in [2.05, 4.69) is 25.8 Å². The normalized spacial score (nSPS) is 13.3. The summed E-state index contributed by atoms with van der Waals surface area (Å²) < 4.78 is 51.5. The Hall–Kier alpha value is -3.75. The lowest BCUT2D eigenvalue weighted by atomic mass is 10.1. The van der Waals surface area contributed by atoms with Crippen LogP contribution < -0.4 is 15.4 Å². The number of carboxylic acids is 1. The number of unbranched alkanes of at least 4 members (excludes halogenated alkanes) is 3. The molecule has 0 radical (unpaired) electrons. The van der Waals surface area contributed by atoms with E-state index in [-0.39, 0.29) is 24.2 Å². The molecular formula is C26H36F4N6O5. The van der Waals surface area contributed by atoms with Gasteiger partial charge in [-0.15, -0.1) is 5.10 Å². The number of ether oxygens (including phenoxy) is 1. The number of rotatable bonds is 14. The Labute approximate surface area is 235 Å². The molecule has 2 heterocycles. The standard InChI is InChI=1S/C24H35FN6O3.C2HF3O2/c1-2-26-23(32)19-9-10-21(22(17-19)34-16-8-4-3-5-11-25)31-18-20(28-29-31)24(33)27-12-15-30-13-6-7-14-30;3-2(4,5)1(6)7/h9-10,17-18H,2-8,11-16H2,1H3,(H,26,32)(H,27,33);(H,6,7). The van der Waals surface area contributed by atoms with Crippen LogP contribution in [0.3, 0.4) is 0 Å². The van der Waals surface area contributed by atoms with E-state index in [1.807, 2.05) is 6.92 Å². The number of hydrogen-bond donors (Lipinski definition) is 3. The number of carbonyl (C=O) groups is 3. The number of nitrogens with zero attached hydrogens (tertiary/aromatic N) is 4. The van der Waals surface area contributed by atoms with E-state index in [1.165, 1.54) is 17.5 Å². The minimum absolute atomic E-state index is 0.196. The molecule has 2 amide bonds. The lowest BCUT2D eigenvalue weighted by Crippen LogP contribution is -2.33. The third-order valence-electron chi connectivity index (χ3n) is 5.97. The first kappa shape index (κ1) is 33.5. The maximum Gasteiger partial charge on any atom is 0.490 e. The number of likely N-dealkylation sites (tertiary alicyclic amines) is 1. The molecule has 1 fully saturated rings. The number of amides is 2. The third-order valence-corrected chi connectivity index (χ3v) is 5.97. The number of benzene rings is 1. The van der Waals surface area contributed by atoms with Crippen molar-refractivity contribution in [1.82, 2.24) is 30.5 Å². The van der Waals surface area contributed by atoms with Crippen LogP contribution in [0.15, 0.2) is 24.4 Å². The highest BCUT2D eigenvalue weighted by molar-refractivity contribution is 5.95. The van der Waals surface area contributed by atoms with Gasteiger partial charge >= 0.3 is 12.1 Å². The number of aliphatic carboxylic acids is 1. The molecule has 228 valence electrons. The number of alkyl halides is 4. The fourth-order valence-electron chi connectivity index (χ4n) is 3.87. The van der Waals surface area contributed by atoms with Crippen LogP contribution in [0.4, 0.5) is 17.6 Å². The number of hydrogen-bond acceptors (Lipinski definition) is 7. The first-order chi connectivity index (χ1) is 19.6. The number of carbonyl (C=O) groups excluding carboxylic acids is 2. The highest BCUT2D eigenvalue weighted by atomic mass is 19.4. The van der Waals surface area contributed by atoms with Gasteiger partial charge in [-0.25, -0.2) is 9.48 Å². The molecule has 1 aliphatic rings. The molecule has 0 saturated carbocycles. The Balaban J connectivity index is 0.000000745. The van der Waals surface area contributed by atoms with Gasteiger partial charge in [0.15, 0.2) is 5.69 Å². The summed E-state index contributed by atoms with van der Waals surface area (Å²) in [6.45, 7) is 6.04. The number of halogens is 4. The van der Waals surface area contributed by atoms with Crippen molar-refractivity contribution in [3.05, 3.63) is 35.7 Å². The third kappa shape index (κ3) is 11.7. The molecule has 1 aromatic heterocycles. The summed E-state index contributed by atoms with van der Waals surface area (Å²) in [4.78, 5) is 36.0. The molecular weight excluding hydrogens is 552 g/mol. The fourth-order valence-corrected chi connectivity index (χ4v) is 3.87. The van der Waals surface area contributed by atoms with Crippen LogP contribution in [-0.4, -0.2) is 95.0 Å². The molecule has 11 nitrogen and oxygen atoms in total. The SMILES string of the molecule is CCNC(=O)c1ccc(-n2cc(C(=O)NCCN3CCCC3)nn2)c(OCCCCCCF)c1.O=C(O)C(F)(F)F. The first-order valence-corrected chi connectivity index (χ1v) is 13.4. The van der Waals surface area contributed by atoms with Crippen molar-refractivity contribution >= 4 is 17.8 Å². The summed E-state index contributed by atoms with van der Waals surface area (Å²) in [5.74, 6) is -2.76. The molecule has 0 bridgehead atoms. The van der Waals surface area contributed by atoms with Gasteiger partial charge in [0.1, 0.15) is 11.4 Å². The summed E-state index contributed by atoms with van der Waals surface area (Å²) in [5.41, 5.74) is 1.27. The van der Waals surface area contributed by atoms with Gasteiger partial charge < -0.3 is 25.4 Å². The lowest BCUT2D eigenvalue weighted by Gasteiger charge is -2.14. The molecule has 0 unspecified atom stereocenters. The molecule has 1 aromatic carbocycles. The van der Waals surface area contributed by atoms with E-state index in [0.29, 0.717) is 43.1 Å². The molecule has 0 spiro atoms. The Morgan fingerprint density at radius 2 is 1.73 bits per heavy atom. The van der Waals surface area contributed by atoms with Gasteiger partial charge in [-0.3, -0.25) is 14.0 Å². The maximum atomic E-state index is 12.5. The van der Waals surface area contributed by atoms with Crippen LogP contribution in [0.25, 0.3) is 5.69 Å². The summed E-state index contributed by atoms with van der Waals surface area (Å²) in [5, 5.41) is 20.9. The molecule has 15 heteroatoms. The molecule has 2 aromatic rings. The van der Waals surface area contributed by atoms with Crippen molar-refractivity contribution in [2.24, 2.45) is 0 Å². The maximum absolute atomic E-state index is 12.5. The van der Waals surface area contributed by atoms with E-state index < -0.39 is 12.1 Å². The van der Waals surface area contributed by atoms with Crippen LogP contribution in [0.1, 0.15) is 66.3 Å². The van der Waals surface area contributed by atoms with Gasteiger partial charge in [0.2, 0.25) is 0 Å². The number of aromatic nitrogens is 3. The summed E-state index contributed by atoms with van der Waals surface area (Å²) >= 11 is 0. The van der Waals surface area contributed by atoms with Crippen LogP contribution in [0.2, 0.25) is 0 Å². The van der Waals surface area contributed by atoms with E-state index in [4.69, 9.17) is 14.6 Å². The van der Waals surface area contributed by atoms with E-state index >= 15 is 0 Å². The van der Waals surface area contributed by atoms with E-state index in [0.717, 1.165) is 38.9 Å². The second-order valence-electron chi connectivity index (χ2n) is 9.15. The Morgan fingerprint density at radius 1 is 1.05 bits per heavy atom. The van der Waals surface area contributed by atoms with Crippen LogP contribution >= 0.6 is 0 Å². The Morgan fingerprint density at radius 3 is 2.37 bits per heavy atom. The minimum Gasteiger partial charge on any atom is -0.491 e. The van der Waals surface area contributed by atoms with Crippen molar-refractivity contribution in [2.45, 2.75) is 51.6 Å². The molecule has 0 aliphatic carbocycles. The van der Waals surface area contributed by atoms with Crippen molar-refractivity contribution in [1.29, 1.82) is 0 Å². The quantitative estimate of drug-likeness (QED) is 0.226. The number of nitrogens with one attached hydrogen (secondary N) is 2. The zero-order valence-corrected chi connectivity index (χ0v) is 22.9. The molecule has 1 aliphatic heterocycles. The van der Waals surface area contributed by atoms with E-state index in [9.17, 15) is 27.2 Å². The first-order valence-electron chi connectivity index (χ1n) is 13.4. The Kier molecular flexibility index (Phi) is 14.0. The van der Waals surface area contributed by atoms with Gasteiger partial charge in [-0.2, -0.15) is 13.2 Å². The average Bonchev–Trinajstić information content (AvgIpc) is 3.63. The zero-order chi connectivity index (χ0) is 30.3. The van der Waals surface area contributed by atoms with Crippen molar-refractivity contribution in [3.8, 4) is 11.4 Å². The van der Waals surface area contributed by atoms with Crippen LogP contribution in [0.5, 0.6) is 5.75 Å². The van der Waals surface area contributed by atoms with Gasteiger partial charge in [-0.05, 0) is 70.3 Å². The second-order valence-corrected chi connectivity index (χ2v) is 9.15. The van der Waals surface area contributed by atoms with Gasteiger partial charge in [0.05, 0.1) is 19.5 Å². The predicted molar refractivity (Wildman–Crippen MR) is 141 cm³/mol. The monoisotopic (exact) mass is 588 g/mol. The highest BCUT2D eigenvalue weighted by Crippen LogP contribution is 2.25. The van der Waals surface area contributed by atoms with Crippen molar-refractivity contribution in [2.75, 3.05) is 46.0 Å². The topological polar surface area (TPSA) is 139 Å². The summed E-state index contributed by atoms with van der Waals surface area (Å²) in [6.07, 6.45) is 1.89.